The van der Waals surface area contributed by atoms with Gasteiger partial charge in [-0.05, 0) is 12.1 Å². The summed E-state index contributed by atoms with van der Waals surface area (Å²) in [6, 6.07) is 6.08. The van der Waals surface area contributed by atoms with Crippen molar-refractivity contribution in [3.05, 3.63) is 30.1 Å². The molecule has 2 rings (SSSR count). The van der Waals surface area contributed by atoms with Crippen molar-refractivity contribution < 1.29 is 22.3 Å². The zero-order valence-electron chi connectivity index (χ0n) is 10.7. The van der Waals surface area contributed by atoms with Crippen LogP contribution < -0.4 is 0 Å². The van der Waals surface area contributed by atoms with E-state index in [9.17, 15) is 17.6 Å². The van der Waals surface area contributed by atoms with Crippen LogP contribution in [0.15, 0.2) is 29.4 Å². The third-order valence-electron chi connectivity index (χ3n) is 2.32. The molecule has 0 fully saturated rings. The lowest BCUT2D eigenvalue weighted by atomic mass is 10.2. The van der Waals surface area contributed by atoms with E-state index in [2.05, 4.69) is 19.9 Å². The summed E-state index contributed by atoms with van der Waals surface area (Å²) < 4.78 is 53.5. The van der Waals surface area contributed by atoms with Crippen LogP contribution in [0.25, 0.3) is 11.4 Å². The maximum atomic E-state index is 13.5. The van der Waals surface area contributed by atoms with Gasteiger partial charge in [-0.3, -0.25) is 5.10 Å². The highest BCUT2D eigenvalue weighted by Gasteiger charge is 2.27. The second kappa shape index (κ2) is 6.90. The minimum Gasteiger partial charge on any atom is -0.371 e. The van der Waals surface area contributed by atoms with E-state index in [0.29, 0.717) is 5.16 Å². The molecular weight excluding hydrogens is 310 g/mol. The van der Waals surface area contributed by atoms with Gasteiger partial charge in [0.1, 0.15) is 12.4 Å². The SMILES string of the molecule is Fc1ccccc1-c1nc(SCCOCC(F)(F)F)n[nH]1. The van der Waals surface area contributed by atoms with Crippen LogP contribution >= 0.6 is 11.8 Å². The molecule has 0 atom stereocenters. The van der Waals surface area contributed by atoms with Gasteiger partial charge in [-0.1, -0.05) is 23.9 Å². The minimum absolute atomic E-state index is 0.0756. The molecule has 0 spiro atoms. The van der Waals surface area contributed by atoms with Gasteiger partial charge in [-0.15, -0.1) is 5.10 Å². The molecular formula is C12H11F4N3OS. The standard InChI is InChI=1S/C12H11F4N3OS/c13-9-4-2-1-3-8(9)10-17-11(19-18-10)21-6-5-20-7-12(14,15)16/h1-4H,5-7H2,(H,17,18,19). The van der Waals surface area contributed by atoms with Crippen molar-refractivity contribution in [1.82, 2.24) is 15.2 Å². The summed E-state index contributed by atoms with van der Waals surface area (Å²) in [5, 5.41) is 6.77. The van der Waals surface area contributed by atoms with Crippen LogP contribution in [0.4, 0.5) is 17.6 Å². The van der Waals surface area contributed by atoms with Crippen LogP contribution in [-0.2, 0) is 4.74 Å². The van der Waals surface area contributed by atoms with Crippen molar-refractivity contribution in [2.75, 3.05) is 19.0 Å². The predicted octanol–water partition coefficient (Wildman–Crippen LogP) is 3.28. The van der Waals surface area contributed by atoms with E-state index in [4.69, 9.17) is 0 Å². The Labute approximate surface area is 121 Å². The molecule has 0 unspecified atom stereocenters. The summed E-state index contributed by atoms with van der Waals surface area (Å²) >= 11 is 1.12. The number of thioether (sulfide) groups is 1. The molecule has 0 saturated carbocycles. The molecule has 0 radical (unpaired) electrons. The summed E-state index contributed by atoms with van der Waals surface area (Å²) in [7, 11) is 0. The van der Waals surface area contributed by atoms with E-state index in [1.807, 2.05) is 0 Å². The molecule has 114 valence electrons. The van der Waals surface area contributed by atoms with Crippen LogP contribution in [0.2, 0.25) is 0 Å². The first kappa shape index (κ1) is 15.8. The van der Waals surface area contributed by atoms with Crippen molar-refractivity contribution in [3.8, 4) is 11.4 Å². The van der Waals surface area contributed by atoms with Gasteiger partial charge in [0, 0.05) is 5.75 Å². The Morgan fingerprint density at radius 3 is 2.71 bits per heavy atom. The summed E-state index contributed by atoms with van der Waals surface area (Å²) in [4.78, 5) is 4.07. The number of aromatic amines is 1. The van der Waals surface area contributed by atoms with Gasteiger partial charge < -0.3 is 4.74 Å². The second-order valence-corrected chi connectivity index (χ2v) is 5.02. The average molecular weight is 321 g/mol. The van der Waals surface area contributed by atoms with Crippen LogP contribution in [-0.4, -0.2) is 40.3 Å². The molecule has 1 aromatic heterocycles. The minimum atomic E-state index is -4.33. The summed E-state index contributed by atoms with van der Waals surface area (Å²) in [6.45, 7) is -1.35. The first-order valence-corrected chi connectivity index (χ1v) is 6.89. The number of halogens is 4. The summed E-state index contributed by atoms with van der Waals surface area (Å²) in [5.41, 5.74) is 0.283. The van der Waals surface area contributed by atoms with Gasteiger partial charge in [0.25, 0.3) is 0 Å². The predicted molar refractivity (Wildman–Crippen MR) is 69.4 cm³/mol. The Bertz CT molecular complexity index is 588. The Morgan fingerprint density at radius 1 is 1.24 bits per heavy atom. The smallest absolute Gasteiger partial charge is 0.371 e. The molecule has 0 aliphatic rings. The molecule has 21 heavy (non-hydrogen) atoms. The molecule has 2 aromatic rings. The number of nitrogens with one attached hydrogen (secondary N) is 1. The first-order valence-electron chi connectivity index (χ1n) is 5.90. The van der Waals surface area contributed by atoms with Crippen molar-refractivity contribution >= 4 is 11.8 Å². The highest BCUT2D eigenvalue weighted by Crippen LogP contribution is 2.21. The zero-order valence-corrected chi connectivity index (χ0v) is 11.5. The topological polar surface area (TPSA) is 50.8 Å². The fraction of sp³-hybridized carbons (Fsp3) is 0.333. The van der Waals surface area contributed by atoms with Crippen molar-refractivity contribution in [1.29, 1.82) is 0 Å². The molecule has 9 heteroatoms. The molecule has 4 nitrogen and oxygen atoms in total. The molecule has 1 aromatic carbocycles. The third kappa shape index (κ3) is 5.01. The quantitative estimate of drug-likeness (QED) is 0.504. The lowest BCUT2D eigenvalue weighted by Gasteiger charge is -2.06. The Balaban J connectivity index is 1.83. The van der Waals surface area contributed by atoms with Gasteiger partial charge >= 0.3 is 6.18 Å². The number of alkyl halides is 3. The third-order valence-corrected chi connectivity index (χ3v) is 3.13. The molecule has 0 bridgehead atoms. The van der Waals surface area contributed by atoms with E-state index in [-0.39, 0.29) is 23.7 Å². The Kier molecular flexibility index (Phi) is 5.18. The molecule has 0 aliphatic heterocycles. The van der Waals surface area contributed by atoms with Crippen LogP contribution in [0.3, 0.4) is 0 Å². The molecule has 0 aliphatic carbocycles. The Morgan fingerprint density at radius 2 is 2.00 bits per heavy atom. The van der Waals surface area contributed by atoms with Crippen LogP contribution in [0.1, 0.15) is 0 Å². The van der Waals surface area contributed by atoms with Crippen molar-refractivity contribution in [2.24, 2.45) is 0 Å². The fourth-order valence-electron chi connectivity index (χ4n) is 1.46. The van der Waals surface area contributed by atoms with Crippen LogP contribution in [0.5, 0.6) is 0 Å². The lowest BCUT2D eigenvalue weighted by molar-refractivity contribution is -0.172. The van der Waals surface area contributed by atoms with E-state index in [1.165, 1.54) is 6.07 Å². The highest BCUT2D eigenvalue weighted by molar-refractivity contribution is 7.99. The number of rotatable bonds is 6. The van der Waals surface area contributed by atoms with Gasteiger partial charge in [0.2, 0.25) is 5.16 Å². The number of benzene rings is 1. The van der Waals surface area contributed by atoms with E-state index < -0.39 is 18.6 Å². The van der Waals surface area contributed by atoms with Crippen molar-refractivity contribution in [3.63, 3.8) is 0 Å². The maximum Gasteiger partial charge on any atom is 0.411 e. The number of nitrogens with zero attached hydrogens (tertiary/aromatic N) is 2. The monoisotopic (exact) mass is 321 g/mol. The van der Waals surface area contributed by atoms with Crippen LogP contribution in [0, 0.1) is 5.82 Å². The fourth-order valence-corrected chi connectivity index (χ4v) is 2.11. The maximum absolute atomic E-state index is 13.5. The van der Waals surface area contributed by atoms with Gasteiger partial charge in [-0.25, -0.2) is 9.37 Å². The number of hydrogen-bond donors (Lipinski definition) is 1. The number of aromatic nitrogens is 3. The summed E-state index contributed by atoms with van der Waals surface area (Å²) in [5.74, 6) is 0.107. The van der Waals surface area contributed by atoms with Gasteiger partial charge in [0.15, 0.2) is 5.82 Å². The highest BCUT2D eigenvalue weighted by atomic mass is 32.2. The van der Waals surface area contributed by atoms with Crippen molar-refractivity contribution in [2.45, 2.75) is 11.3 Å². The lowest BCUT2D eigenvalue weighted by Crippen LogP contribution is -2.17. The van der Waals surface area contributed by atoms with E-state index in [1.54, 1.807) is 18.2 Å². The Hall–Kier alpha value is -1.61. The average Bonchev–Trinajstić information content (AvgIpc) is 2.86. The number of hydrogen-bond acceptors (Lipinski definition) is 4. The second-order valence-electron chi connectivity index (χ2n) is 3.96. The summed E-state index contributed by atoms with van der Waals surface area (Å²) in [6.07, 6.45) is -4.33. The van der Waals surface area contributed by atoms with E-state index in [0.717, 1.165) is 11.8 Å². The van der Waals surface area contributed by atoms with Gasteiger partial charge in [0.05, 0.1) is 12.2 Å². The first-order chi connectivity index (χ1) is 9.96. The molecule has 1 N–H and O–H groups in total. The van der Waals surface area contributed by atoms with E-state index >= 15 is 0 Å². The normalized spacial score (nSPS) is 11.8. The molecule has 0 amide bonds. The number of H-pyrrole nitrogens is 1. The zero-order chi connectivity index (χ0) is 15.3. The number of ether oxygens (including phenoxy) is 1. The largest absolute Gasteiger partial charge is 0.411 e. The molecule has 0 saturated heterocycles. The molecule has 1 heterocycles. The van der Waals surface area contributed by atoms with Gasteiger partial charge in [-0.2, -0.15) is 13.2 Å².